The van der Waals surface area contributed by atoms with Crippen LogP contribution in [0.5, 0.6) is 5.75 Å². The summed E-state index contributed by atoms with van der Waals surface area (Å²) in [5.41, 5.74) is 2.88. The van der Waals surface area contributed by atoms with Gasteiger partial charge in [-0.3, -0.25) is 4.98 Å². The maximum absolute atomic E-state index is 9.15. The highest BCUT2D eigenvalue weighted by molar-refractivity contribution is 5.24. The summed E-state index contributed by atoms with van der Waals surface area (Å²) >= 11 is 0. The lowest BCUT2D eigenvalue weighted by Gasteiger charge is -2.13. The van der Waals surface area contributed by atoms with Gasteiger partial charge in [-0.25, -0.2) is 0 Å². The number of pyridine rings is 1. The molecule has 0 spiro atoms. The highest BCUT2D eigenvalue weighted by atomic mass is 16.5. The molecular weight excluding hydrogens is 230 g/mol. The molecule has 2 rings (SSSR count). The fourth-order valence-electron chi connectivity index (χ4n) is 1.99. The highest BCUT2D eigenvalue weighted by Gasteiger charge is 2.15. The first-order chi connectivity index (χ1) is 8.58. The second-order valence-corrected chi connectivity index (χ2v) is 4.35. The average Bonchev–Trinajstić information content (AvgIpc) is 2.68. The quantitative estimate of drug-likeness (QED) is 0.867. The van der Waals surface area contributed by atoms with E-state index in [1.54, 1.807) is 12.1 Å². The van der Waals surface area contributed by atoms with Gasteiger partial charge < -0.3 is 14.9 Å². The molecule has 0 saturated carbocycles. The summed E-state index contributed by atoms with van der Waals surface area (Å²) in [5, 5.41) is 16.5. The van der Waals surface area contributed by atoms with Crippen LogP contribution in [-0.4, -0.2) is 15.2 Å². The molecular formula is C13H17N3O2. The monoisotopic (exact) mass is 247 g/mol. The number of aromatic nitrogens is 2. The molecule has 0 aliphatic heterocycles. The number of aromatic hydroxyl groups is 1. The molecule has 0 aliphatic carbocycles. The Morgan fingerprint density at radius 3 is 2.72 bits per heavy atom. The van der Waals surface area contributed by atoms with Crippen LogP contribution in [0.1, 0.15) is 35.7 Å². The van der Waals surface area contributed by atoms with E-state index in [4.69, 9.17) is 9.63 Å². The van der Waals surface area contributed by atoms with Crippen molar-refractivity contribution in [3.05, 3.63) is 41.0 Å². The molecule has 2 aromatic heterocycles. The minimum Gasteiger partial charge on any atom is -0.506 e. The Kier molecular flexibility index (Phi) is 3.62. The fraction of sp³-hybridized carbons (Fsp3) is 0.385. The van der Waals surface area contributed by atoms with Gasteiger partial charge in [-0.1, -0.05) is 5.16 Å². The van der Waals surface area contributed by atoms with Gasteiger partial charge >= 0.3 is 0 Å². The van der Waals surface area contributed by atoms with E-state index in [0.29, 0.717) is 6.54 Å². The van der Waals surface area contributed by atoms with Gasteiger partial charge in [0.1, 0.15) is 11.5 Å². The number of nitrogens with zero attached hydrogens (tertiary/aromatic N) is 2. The smallest absolute Gasteiger partial charge is 0.138 e. The summed E-state index contributed by atoms with van der Waals surface area (Å²) in [6.07, 6.45) is 1.44. The third kappa shape index (κ3) is 2.68. The number of rotatable bonds is 4. The van der Waals surface area contributed by atoms with E-state index in [1.165, 1.54) is 6.20 Å². The van der Waals surface area contributed by atoms with Crippen LogP contribution in [0.15, 0.2) is 22.9 Å². The molecule has 0 radical (unpaired) electrons. The maximum atomic E-state index is 9.15. The molecule has 5 heteroatoms. The minimum absolute atomic E-state index is 0.145. The molecule has 0 aromatic carbocycles. The van der Waals surface area contributed by atoms with Gasteiger partial charge in [0.2, 0.25) is 0 Å². The number of hydrogen-bond donors (Lipinski definition) is 2. The van der Waals surface area contributed by atoms with Gasteiger partial charge in [-0.05, 0) is 32.9 Å². The summed E-state index contributed by atoms with van der Waals surface area (Å²) in [5.74, 6) is 1.02. The van der Waals surface area contributed by atoms with Crippen LogP contribution in [0.2, 0.25) is 0 Å². The summed E-state index contributed by atoms with van der Waals surface area (Å²) < 4.78 is 5.15. The van der Waals surface area contributed by atoms with Crippen molar-refractivity contribution in [2.75, 3.05) is 0 Å². The van der Waals surface area contributed by atoms with Crippen molar-refractivity contribution in [2.24, 2.45) is 0 Å². The van der Waals surface area contributed by atoms with Crippen molar-refractivity contribution in [3.63, 3.8) is 0 Å². The van der Waals surface area contributed by atoms with Gasteiger partial charge in [0.25, 0.3) is 0 Å². The average molecular weight is 247 g/mol. The zero-order valence-corrected chi connectivity index (χ0v) is 10.8. The zero-order chi connectivity index (χ0) is 13.1. The largest absolute Gasteiger partial charge is 0.506 e. The minimum atomic E-state index is 0.145. The maximum Gasteiger partial charge on any atom is 0.138 e. The Labute approximate surface area is 106 Å². The SMILES string of the molecule is Cc1noc(C)c1C(C)NCc1ccc(O)cn1. The van der Waals surface area contributed by atoms with E-state index in [-0.39, 0.29) is 11.8 Å². The molecule has 0 saturated heterocycles. The third-order valence-corrected chi connectivity index (χ3v) is 2.92. The lowest BCUT2D eigenvalue weighted by molar-refractivity contribution is 0.390. The van der Waals surface area contributed by atoms with Crippen LogP contribution in [0.4, 0.5) is 0 Å². The Hall–Kier alpha value is -1.88. The van der Waals surface area contributed by atoms with E-state index < -0.39 is 0 Å². The Bertz CT molecular complexity index is 500. The number of nitrogens with one attached hydrogen (secondary N) is 1. The first kappa shape index (κ1) is 12.6. The Balaban J connectivity index is 2.00. The van der Waals surface area contributed by atoms with Crippen LogP contribution in [0.25, 0.3) is 0 Å². The lowest BCUT2D eigenvalue weighted by Crippen LogP contribution is -2.19. The molecule has 1 unspecified atom stereocenters. The summed E-state index contributed by atoms with van der Waals surface area (Å²) in [6, 6.07) is 3.57. The molecule has 2 aromatic rings. The molecule has 1 atom stereocenters. The van der Waals surface area contributed by atoms with Crippen LogP contribution < -0.4 is 5.32 Å². The van der Waals surface area contributed by atoms with Crippen molar-refractivity contribution in [1.82, 2.24) is 15.5 Å². The van der Waals surface area contributed by atoms with Crippen LogP contribution in [0.3, 0.4) is 0 Å². The van der Waals surface area contributed by atoms with E-state index in [0.717, 1.165) is 22.7 Å². The van der Waals surface area contributed by atoms with Crippen molar-refractivity contribution in [1.29, 1.82) is 0 Å². The predicted octanol–water partition coefficient (Wildman–Crippen LogP) is 2.24. The van der Waals surface area contributed by atoms with E-state index in [2.05, 4.69) is 22.4 Å². The summed E-state index contributed by atoms with van der Waals surface area (Å²) in [6.45, 7) is 6.54. The van der Waals surface area contributed by atoms with Crippen molar-refractivity contribution >= 4 is 0 Å². The zero-order valence-electron chi connectivity index (χ0n) is 10.8. The Morgan fingerprint density at radius 2 is 2.17 bits per heavy atom. The fourth-order valence-corrected chi connectivity index (χ4v) is 1.99. The molecule has 5 nitrogen and oxygen atoms in total. The summed E-state index contributed by atoms with van der Waals surface area (Å²) in [4.78, 5) is 4.12. The van der Waals surface area contributed by atoms with Gasteiger partial charge in [0.05, 0.1) is 17.6 Å². The lowest BCUT2D eigenvalue weighted by atomic mass is 10.1. The molecule has 2 heterocycles. The topological polar surface area (TPSA) is 71.2 Å². The van der Waals surface area contributed by atoms with Gasteiger partial charge in [0.15, 0.2) is 0 Å². The van der Waals surface area contributed by atoms with Gasteiger partial charge in [0, 0.05) is 18.2 Å². The van der Waals surface area contributed by atoms with E-state index >= 15 is 0 Å². The van der Waals surface area contributed by atoms with Crippen LogP contribution in [-0.2, 0) is 6.54 Å². The van der Waals surface area contributed by atoms with Gasteiger partial charge in [-0.2, -0.15) is 0 Å². The van der Waals surface area contributed by atoms with Crippen LogP contribution >= 0.6 is 0 Å². The first-order valence-electron chi connectivity index (χ1n) is 5.88. The van der Waals surface area contributed by atoms with E-state index in [9.17, 15) is 0 Å². The first-order valence-corrected chi connectivity index (χ1v) is 5.88. The number of hydrogen-bond acceptors (Lipinski definition) is 5. The molecule has 0 bridgehead atoms. The molecule has 0 fully saturated rings. The van der Waals surface area contributed by atoms with E-state index in [1.807, 2.05) is 13.8 Å². The normalized spacial score (nSPS) is 12.6. The molecule has 0 amide bonds. The van der Waals surface area contributed by atoms with Gasteiger partial charge in [-0.15, -0.1) is 0 Å². The summed E-state index contributed by atoms with van der Waals surface area (Å²) in [7, 11) is 0. The second kappa shape index (κ2) is 5.18. The molecule has 0 aliphatic rings. The van der Waals surface area contributed by atoms with Crippen molar-refractivity contribution in [3.8, 4) is 5.75 Å². The van der Waals surface area contributed by atoms with Crippen molar-refractivity contribution in [2.45, 2.75) is 33.4 Å². The third-order valence-electron chi connectivity index (χ3n) is 2.92. The van der Waals surface area contributed by atoms with Crippen molar-refractivity contribution < 1.29 is 9.63 Å². The molecule has 2 N–H and O–H groups in total. The molecule has 96 valence electrons. The second-order valence-electron chi connectivity index (χ2n) is 4.35. The predicted molar refractivity (Wildman–Crippen MR) is 67.1 cm³/mol. The molecule has 18 heavy (non-hydrogen) atoms. The van der Waals surface area contributed by atoms with Crippen LogP contribution in [0, 0.1) is 13.8 Å². The Morgan fingerprint density at radius 1 is 1.39 bits per heavy atom. The number of aryl methyl sites for hydroxylation is 2. The highest BCUT2D eigenvalue weighted by Crippen LogP contribution is 2.21. The standard InChI is InChI=1S/C13H17N3O2/c1-8(13-9(2)16-18-10(13)3)14-6-11-4-5-12(17)7-15-11/h4-5,7-8,14,17H,6H2,1-3H3.